The molecule has 0 bridgehead atoms. The lowest BCUT2D eigenvalue weighted by Gasteiger charge is -2.41. The number of hydrogen-bond donors (Lipinski definition) is 1. The third-order valence-electron chi connectivity index (χ3n) is 7.87. The Morgan fingerprint density at radius 2 is 1.71 bits per heavy atom. The van der Waals surface area contributed by atoms with Crippen molar-refractivity contribution < 1.29 is 14.4 Å². The van der Waals surface area contributed by atoms with Crippen LogP contribution in [0.2, 0.25) is 5.02 Å². The molecule has 3 fully saturated rings. The summed E-state index contributed by atoms with van der Waals surface area (Å²) >= 11 is 6.42. The highest BCUT2D eigenvalue weighted by Gasteiger charge is 2.33. The topological polar surface area (TPSA) is 73.0 Å². The lowest BCUT2D eigenvalue weighted by molar-refractivity contribution is -0.140. The average molecular weight is 503 g/mol. The molecule has 7 nitrogen and oxygen atoms in total. The second kappa shape index (κ2) is 11.7. The summed E-state index contributed by atoms with van der Waals surface area (Å²) in [5.41, 5.74) is 2.77. The zero-order valence-electron chi connectivity index (χ0n) is 21.2. The number of nitrogens with one attached hydrogen (secondary N) is 1. The summed E-state index contributed by atoms with van der Waals surface area (Å²) in [6, 6.07) is 3.93. The highest BCUT2D eigenvalue weighted by atomic mass is 35.5. The highest BCUT2D eigenvalue weighted by Crippen LogP contribution is 2.30. The Hall–Kier alpha value is -2.12. The molecule has 1 aromatic rings. The number of anilines is 1. The van der Waals surface area contributed by atoms with E-state index in [4.69, 9.17) is 11.6 Å². The van der Waals surface area contributed by atoms with Crippen molar-refractivity contribution in [2.24, 2.45) is 5.92 Å². The predicted molar refractivity (Wildman–Crippen MR) is 138 cm³/mol. The summed E-state index contributed by atoms with van der Waals surface area (Å²) < 4.78 is 0. The number of hydrogen-bond acceptors (Lipinski definition) is 4. The largest absolute Gasteiger partial charge is 0.343 e. The summed E-state index contributed by atoms with van der Waals surface area (Å²) in [5.74, 6) is 0.445. The predicted octanol–water partition coefficient (Wildman–Crippen LogP) is 4.21. The number of likely N-dealkylation sites (tertiary alicyclic amines) is 1. The number of carbonyl (C=O) groups is 3. The molecule has 2 heterocycles. The van der Waals surface area contributed by atoms with Crippen molar-refractivity contribution in [2.45, 2.75) is 77.8 Å². The zero-order valence-corrected chi connectivity index (χ0v) is 21.9. The normalized spacial score (nSPS) is 21.5. The smallest absolute Gasteiger partial charge is 0.226 e. The molecular formula is C27H39ClN4O3. The van der Waals surface area contributed by atoms with Gasteiger partial charge in [0.2, 0.25) is 17.7 Å². The molecule has 2 saturated heterocycles. The Kier molecular flexibility index (Phi) is 8.71. The van der Waals surface area contributed by atoms with Crippen LogP contribution in [0.25, 0.3) is 0 Å². The van der Waals surface area contributed by atoms with E-state index in [1.165, 1.54) is 12.8 Å². The molecule has 1 unspecified atom stereocenters. The first kappa shape index (κ1) is 26.0. The van der Waals surface area contributed by atoms with Gasteiger partial charge in [0, 0.05) is 74.8 Å². The summed E-state index contributed by atoms with van der Waals surface area (Å²) in [6.07, 6.45) is 6.92. The van der Waals surface area contributed by atoms with Crippen LogP contribution in [0.1, 0.15) is 69.4 Å². The molecule has 4 rings (SSSR count). The second-order valence-electron chi connectivity index (χ2n) is 10.5. The van der Waals surface area contributed by atoms with Crippen molar-refractivity contribution in [1.82, 2.24) is 14.7 Å². The monoisotopic (exact) mass is 502 g/mol. The third-order valence-corrected chi connectivity index (χ3v) is 8.09. The van der Waals surface area contributed by atoms with E-state index in [9.17, 15) is 14.4 Å². The van der Waals surface area contributed by atoms with Gasteiger partial charge in [0.15, 0.2) is 0 Å². The maximum absolute atomic E-state index is 12.9. The number of piperazine rings is 1. The first-order valence-corrected chi connectivity index (χ1v) is 13.6. The van der Waals surface area contributed by atoms with E-state index in [-0.39, 0.29) is 36.6 Å². The number of halogens is 1. The van der Waals surface area contributed by atoms with Crippen LogP contribution >= 0.6 is 11.6 Å². The van der Waals surface area contributed by atoms with Crippen molar-refractivity contribution in [1.29, 1.82) is 0 Å². The van der Waals surface area contributed by atoms with Gasteiger partial charge in [-0.2, -0.15) is 0 Å². The number of rotatable bonds is 7. The molecule has 8 heteroatoms. The van der Waals surface area contributed by atoms with Crippen LogP contribution in [0, 0.1) is 12.8 Å². The molecule has 3 amide bonds. The summed E-state index contributed by atoms with van der Waals surface area (Å²) in [7, 11) is 0. The Morgan fingerprint density at radius 3 is 2.40 bits per heavy atom. The summed E-state index contributed by atoms with van der Waals surface area (Å²) in [6.45, 7) is 8.87. The van der Waals surface area contributed by atoms with Gasteiger partial charge in [-0.25, -0.2) is 0 Å². The lowest BCUT2D eigenvalue weighted by Crippen LogP contribution is -2.54. The molecule has 1 saturated carbocycles. The number of carbonyl (C=O) groups excluding carboxylic acids is 3. The fourth-order valence-electron chi connectivity index (χ4n) is 5.74. The van der Waals surface area contributed by atoms with Gasteiger partial charge in [-0.1, -0.05) is 24.4 Å². The maximum Gasteiger partial charge on any atom is 0.226 e. The van der Waals surface area contributed by atoms with Crippen molar-refractivity contribution in [3.8, 4) is 0 Å². The van der Waals surface area contributed by atoms with E-state index in [0.717, 1.165) is 76.1 Å². The molecular weight excluding hydrogens is 464 g/mol. The Balaban J connectivity index is 1.32. The van der Waals surface area contributed by atoms with Gasteiger partial charge in [0.25, 0.3) is 0 Å². The third kappa shape index (κ3) is 6.56. The molecule has 1 atom stereocenters. The minimum atomic E-state index is -0.165. The molecule has 35 heavy (non-hydrogen) atoms. The van der Waals surface area contributed by atoms with Gasteiger partial charge in [-0.3, -0.25) is 19.3 Å². The van der Waals surface area contributed by atoms with Gasteiger partial charge in [0.05, 0.1) is 0 Å². The second-order valence-corrected chi connectivity index (χ2v) is 10.9. The van der Waals surface area contributed by atoms with Crippen LogP contribution in [-0.4, -0.2) is 71.2 Å². The van der Waals surface area contributed by atoms with Crippen LogP contribution in [0.4, 0.5) is 5.69 Å². The van der Waals surface area contributed by atoms with Crippen LogP contribution in [0.15, 0.2) is 12.1 Å². The quantitative estimate of drug-likeness (QED) is 0.606. The van der Waals surface area contributed by atoms with E-state index >= 15 is 0 Å². The zero-order chi connectivity index (χ0) is 24.9. The molecule has 192 valence electrons. The van der Waals surface area contributed by atoms with Gasteiger partial charge >= 0.3 is 0 Å². The van der Waals surface area contributed by atoms with E-state index in [1.807, 2.05) is 17.9 Å². The fourth-order valence-corrected chi connectivity index (χ4v) is 5.98. The van der Waals surface area contributed by atoms with Crippen molar-refractivity contribution in [3.63, 3.8) is 0 Å². The maximum atomic E-state index is 12.9. The molecule has 1 aromatic carbocycles. The molecule has 3 aliphatic rings. The summed E-state index contributed by atoms with van der Waals surface area (Å²) in [5, 5.41) is 3.55. The fraction of sp³-hybridized carbons (Fsp3) is 0.667. The molecule has 2 aliphatic heterocycles. The minimum Gasteiger partial charge on any atom is -0.343 e. The van der Waals surface area contributed by atoms with Crippen molar-refractivity contribution in [3.05, 3.63) is 28.3 Å². The van der Waals surface area contributed by atoms with Gasteiger partial charge < -0.3 is 15.1 Å². The molecule has 1 aliphatic carbocycles. The first-order chi connectivity index (χ1) is 16.8. The standard InChI is InChI=1S/C27H39ClN4O3/c1-19-17-30(13-14-32(19)27(35)21-7-3-4-8-21)18-22-15-23(28)16-24(20(22)2)29-25(33)9-10-26(34)31-11-5-6-12-31/h15-16,19,21H,3-14,17-18H2,1-2H3,(H,29,33). The van der Waals surface area contributed by atoms with Gasteiger partial charge in [-0.15, -0.1) is 0 Å². The van der Waals surface area contributed by atoms with E-state index in [2.05, 4.69) is 22.0 Å². The number of nitrogens with zero attached hydrogens (tertiary/aromatic N) is 3. The molecule has 0 spiro atoms. The highest BCUT2D eigenvalue weighted by molar-refractivity contribution is 6.31. The van der Waals surface area contributed by atoms with Crippen LogP contribution in [-0.2, 0) is 20.9 Å². The van der Waals surface area contributed by atoms with Crippen LogP contribution in [0.3, 0.4) is 0 Å². The number of amides is 3. The Bertz CT molecular complexity index is 941. The molecule has 0 radical (unpaired) electrons. The van der Waals surface area contributed by atoms with Gasteiger partial charge in [-0.05, 0) is 62.8 Å². The van der Waals surface area contributed by atoms with Gasteiger partial charge in [0.1, 0.15) is 0 Å². The first-order valence-electron chi connectivity index (χ1n) is 13.2. The molecule has 0 aromatic heterocycles. The lowest BCUT2D eigenvalue weighted by atomic mass is 10.0. The minimum absolute atomic E-state index is 0.0563. The van der Waals surface area contributed by atoms with Crippen LogP contribution in [0.5, 0.6) is 0 Å². The average Bonchev–Trinajstić information content (AvgIpc) is 3.55. The van der Waals surface area contributed by atoms with Crippen molar-refractivity contribution in [2.75, 3.05) is 38.0 Å². The Labute approximate surface area is 214 Å². The van der Waals surface area contributed by atoms with Crippen molar-refractivity contribution >= 4 is 35.0 Å². The number of benzene rings is 1. The van der Waals surface area contributed by atoms with E-state index in [1.54, 1.807) is 6.07 Å². The SMILES string of the molecule is Cc1c(CN2CCN(C(=O)C3CCCC3)C(C)C2)cc(Cl)cc1NC(=O)CCC(=O)N1CCCC1. The van der Waals surface area contributed by atoms with Crippen LogP contribution < -0.4 is 5.32 Å². The van der Waals surface area contributed by atoms with E-state index < -0.39 is 0 Å². The summed E-state index contributed by atoms with van der Waals surface area (Å²) in [4.78, 5) is 44.0. The molecule has 1 N–H and O–H groups in total. The van der Waals surface area contributed by atoms with E-state index in [0.29, 0.717) is 16.6 Å². The Morgan fingerprint density at radius 1 is 1.00 bits per heavy atom.